The van der Waals surface area contributed by atoms with Crippen molar-refractivity contribution in [1.29, 1.82) is 0 Å². The van der Waals surface area contributed by atoms with E-state index in [2.05, 4.69) is 0 Å². The SMILES string of the molecule is CN(C)Cc1cccc(C(=O)C(=O)O)c1. The summed E-state index contributed by atoms with van der Waals surface area (Å²) in [4.78, 5) is 23.6. The Kier molecular flexibility index (Phi) is 3.57. The van der Waals surface area contributed by atoms with Crippen LogP contribution >= 0.6 is 0 Å². The second kappa shape index (κ2) is 4.70. The van der Waals surface area contributed by atoms with Crippen molar-refractivity contribution >= 4 is 11.8 Å². The molecule has 0 aromatic heterocycles. The summed E-state index contributed by atoms with van der Waals surface area (Å²) in [6.07, 6.45) is 0. The van der Waals surface area contributed by atoms with Crippen molar-refractivity contribution < 1.29 is 14.7 Å². The van der Waals surface area contributed by atoms with E-state index in [0.717, 1.165) is 5.56 Å². The summed E-state index contributed by atoms with van der Waals surface area (Å²) in [5.41, 5.74) is 1.15. The number of benzene rings is 1. The van der Waals surface area contributed by atoms with Crippen LogP contribution in [0.2, 0.25) is 0 Å². The van der Waals surface area contributed by atoms with Gasteiger partial charge in [0.2, 0.25) is 0 Å². The lowest BCUT2D eigenvalue weighted by atomic mass is 10.1. The van der Waals surface area contributed by atoms with Gasteiger partial charge in [-0.3, -0.25) is 4.79 Å². The fourth-order valence-electron chi connectivity index (χ4n) is 1.30. The Morgan fingerprint density at radius 2 is 2.00 bits per heavy atom. The molecule has 4 heteroatoms. The Hall–Kier alpha value is -1.68. The number of carbonyl (C=O) groups is 2. The van der Waals surface area contributed by atoms with Crippen molar-refractivity contribution in [2.24, 2.45) is 0 Å². The summed E-state index contributed by atoms with van der Waals surface area (Å²) in [6, 6.07) is 6.67. The number of hydrogen-bond donors (Lipinski definition) is 1. The van der Waals surface area contributed by atoms with Gasteiger partial charge in [-0.05, 0) is 25.7 Å². The van der Waals surface area contributed by atoms with Crippen molar-refractivity contribution in [3.05, 3.63) is 35.4 Å². The molecule has 4 nitrogen and oxygen atoms in total. The molecular weight excluding hydrogens is 194 g/mol. The number of carboxylic acid groups (broad SMARTS) is 1. The fraction of sp³-hybridized carbons (Fsp3) is 0.273. The fourth-order valence-corrected chi connectivity index (χ4v) is 1.30. The van der Waals surface area contributed by atoms with Crippen molar-refractivity contribution in [2.45, 2.75) is 6.54 Å². The van der Waals surface area contributed by atoms with Crippen LogP contribution in [0.5, 0.6) is 0 Å². The standard InChI is InChI=1S/C11H13NO3/c1-12(2)7-8-4-3-5-9(6-8)10(13)11(14)15/h3-6H,7H2,1-2H3,(H,14,15). The van der Waals surface area contributed by atoms with Gasteiger partial charge in [-0.2, -0.15) is 0 Å². The number of hydrogen-bond acceptors (Lipinski definition) is 3. The highest BCUT2D eigenvalue weighted by Crippen LogP contribution is 2.07. The van der Waals surface area contributed by atoms with E-state index < -0.39 is 11.8 Å². The number of aliphatic carboxylic acids is 1. The molecule has 0 bridgehead atoms. The molecule has 1 rings (SSSR count). The molecular formula is C11H13NO3. The van der Waals surface area contributed by atoms with E-state index >= 15 is 0 Å². The highest BCUT2D eigenvalue weighted by Gasteiger charge is 2.14. The minimum absolute atomic E-state index is 0.224. The topological polar surface area (TPSA) is 57.6 Å². The summed E-state index contributed by atoms with van der Waals surface area (Å²) in [7, 11) is 3.82. The smallest absolute Gasteiger partial charge is 0.377 e. The van der Waals surface area contributed by atoms with Crippen molar-refractivity contribution in [3.8, 4) is 0 Å². The van der Waals surface area contributed by atoms with E-state index in [9.17, 15) is 9.59 Å². The average molecular weight is 207 g/mol. The van der Waals surface area contributed by atoms with Gasteiger partial charge in [-0.1, -0.05) is 18.2 Å². The molecule has 0 heterocycles. The van der Waals surface area contributed by atoms with E-state index in [-0.39, 0.29) is 5.56 Å². The van der Waals surface area contributed by atoms with Crippen LogP contribution < -0.4 is 0 Å². The van der Waals surface area contributed by atoms with Crippen LogP contribution in [0.1, 0.15) is 15.9 Å². The Morgan fingerprint density at radius 1 is 1.33 bits per heavy atom. The predicted octanol–water partition coefficient (Wildman–Crippen LogP) is 1.02. The zero-order valence-corrected chi connectivity index (χ0v) is 8.73. The summed E-state index contributed by atoms with van der Waals surface area (Å²) in [5, 5.41) is 8.55. The molecule has 0 saturated carbocycles. The quantitative estimate of drug-likeness (QED) is 0.591. The molecule has 0 atom stereocenters. The molecule has 1 N–H and O–H groups in total. The van der Waals surface area contributed by atoms with Gasteiger partial charge < -0.3 is 10.0 Å². The summed E-state index contributed by atoms with van der Waals surface area (Å²) in [6.45, 7) is 0.681. The van der Waals surface area contributed by atoms with Crippen molar-refractivity contribution in [1.82, 2.24) is 4.90 Å². The Morgan fingerprint density at radius 3 is 2.53 bits per heavy atom. The first kappa shape index (κ1) is 11.4. The van der Waals surface area contributed by atoms with E-state index in [1.54, 1.807) is 12.1 Å². The molecule has 0 spiro atoms. The van der Waals surface area contributed by atoms with Crippen LogP contribution in [0.25, 0.3) is 0 Å². The second-order valence-electron chi connectivity index (χ2n) is 3.57. The first-order valence-electron chi connectivity index (χ1n) is 4.52. The maximum absolute atomic E-state index is 11.2. The molecule has 1 aromatic rings. The molecule has 80 valence electrons. The van der Waals surface area contributed by atoms with E-state index in [1.165, 1.54) is 6.07 Å². The highest BCUT2D eigenvalue weighted by atomic mass is 16.4. The first-order chi connectivity index (χ1) is 7.00. The third-order valence-corrected chi connectivity index (χ3v) is 1.88. The van der Waals surface area contributed by atoms with Gasteiger partial charge in [0.15, 0.2) is 0 Å². The van der Waals surface area contributed by atoms with E-state index in [1.807, 2.05) is 25.1 Å². The Bertz CT molecular complexity index is 385. The maximum atomic E-state index is 11.2. The lowest BCUT2D eigenvalue weighted by Gasteiger charge is -2.09. The third kappa shape index (κ3) is 3.18. The molecule has 0 aliphatic rings. The molecule has 0 radical (unpaired) electrons. The van der Waals surface area contributed by atoms with Crippen molar-refractivity contribution in [2.75, 3.05) is 14.1 Å². The van der Waals surface area contributed by atoms with E-state index in [4.69, 9.17) is 5.11 Å². The van der Waals surface area contributed by atoms with Gasteiger partial charge >= 0.3 is 5.97 Å². The summed E-state index contributed by atoms with van der Waals surface area (Å²) >= 11 is 0. The highest BCUT2D eigenvalue weighted by molar-refractivity contribution is 6.39. The van der Waals surface area contributed by atoms with Gasteiger partial charge in [-0.15, -0.1) is 0 Å². The number of ketones is 1. The molecule has 0 saturated heterocycles. The van der Waals surface area contributed by atoms with Gasteiger partial charge in [0, 0.05) is 12.1 Å². The number of carbonyl (C=O) groups excluding carboxylic acids is 1. The van der Waals surface area contributed by atoms with Crippen LogP contribution in [0.3, 0.4) is 0 Å². The van der Waals surface area contributed by atoms with Gasteiger partial charge in [0.1, 0.15) is 0 Å². The molecule has 15 heavy (non-hydrogen) atoms. The second-order valence-corrected chi connectivity index (χ2v) is 3.57. The van der Waals surface area contributed by atoms with Gasteiger partial charge in [0.25, 0.3) is 5.78 Å². The summed E-state index contributed by atoms with van der Waals surface area (Å²) in [5.74, 6) is -2.28. The summed E-state index contributed by atoms with van der Waals surface area (Å²) < 4.78 is 0. The Labute approximate surface area is 88.1 Å². The molecule has 0 unspecified atom stereocenters. The number of carboxylic acids is 1. The van der Waals surface area contributed by atoms with E-state index in [0.29, 0.717) is 6.54 Å². The minimum atomic E-state index is -1.42. The van der Waals surface area contributed by atoms with Crippen LogP contribution in [-0.4, -0.2) is 35.9 Å². The van der Waals surface area contributed by atoms with Gasteiger partial charge in [0.05, 0.1) is 0 Å². The normalized spacial score (nSPS) is 10.3. The van der Waals surface area contributed by atoms with Crippen LogP contribution in [0.15, 0.2) is 24.3 Å². The number of Topliss-reactive ketones (excluding diaryl/α,β-unsaturated/α-hetero) is 1. The Balaban J connectivity index is 2.92. The predicted molar refractivity (Wildman–Crippen MR) is 55.8 cm³/mol. The lowest BCUT2D eigenvalue weighted by Crippen LogP contribution is -2.14. The zero-order valence-electron chi connectivity index (χ0n) is 8.73. The average Bonchev–Trinajstić information content (AvgIpc) is 2.16. The van der Waals surface area contributed by atoms with Crippen LogP contribution in [0, 0.1) is 0 Å². The molecule has 0 aliphatic carbocycles. The zero-order chi connectivity index (χ0) is 11.4. The minimum Gasteiger partial charge on any atom is -0.475 e. The maximum Gasteiger partial charge on any atom is 0.377 e. The number of nitrogens with zero attached hydrogens (tertiary/aromatic N) is 1. The molecule has 1 aromatic carbocycles. The first-order valence-corrected chi connectivity index (χ1v) is 4.52. The van der Waals surface area contributed by atoms with Crippen LogP contribution in [0.4, 0.5) is 0 Å². The van der Waals surface area contributed by atoms with Crippen molar-refractivity contribution in [3.63, 3.8) is 0 Å². The number of rotatable bonds is 4. The lowest BCUT2D eigenvalue weighted by molar-refractivity contribution is -0.131. The molecule has 0 amide bonds. The van der Waals surface area contributed by atoms with Crippen LogP contribution in [-0.2, 0) is 11.3 Å². The molecule has 0 aliphatic heterocycles. The monoisotopic (exact) mass is 207 g/mol. The molecule has 0 fully saturated rings. The van der Waals surface area contributed by atoms with Gasteiger partial charge in [-0.25, -0.2) is 4.79 Å². The largest absolute Gasteiger partial charge is 0.475 e. The third-order valence-electron chi connectivity index (χ3n) is 1.88.